The number of amides is 2. The first-order valence-corrected chi connectivity index (χ1v) is 6.84. The molecule has 0 fully saturated rings. The maximum Gasteiger partial charge on any atom is 0.243 e. The number of aliphatic hydroxyl groups excluding tert-OH is 1. The Kier molecular flexibility index (Phi) is 6.02. The summed E-state index contributed by atoms with van der Waals surface area (Å²) in [7, 11) is 0. The molecule has 0 bridgehead atoms. The molecule has 0 aromatic rings. The maximum atomic E-state index is 12.0. The fourth-order valence-corrected chi connectivity index (χ4v) is 1.89. The van der Waals surface area contributed by atoms with Crippen LogP contribution in [0.15, 0.2) is 12.2 Å². The molecule has 0 aliphatic carbocycles. The van der Waals surface area contributed by atoms with Gasteiger partial charge in [0.15, 0.2) is 0 Å². The summed E-state index contributed by atoms with van der Waals surface area (Å²) >= 11 is 0. The van der Waals surface area contributed by atoms with Gasteiger partial charge in [-0.2, -0.15) is 0 Å². The molecule has 0 radical (unpaired) electrons. The molecule has 2 amide bonds. The minimum Gasteiger partial charge on any atom is -0.391 e. The largest absolute Gasteiger partial charge is 0.391 e. The van der Waals surface area contributed by atoms with Crippen LogP contribution in [-0.4, -0.2) is 35.6 Å². The number of hydrogen-bond acceptors (Lipinski definition) is 3. The topological polar surface area (TPSA) is 78.4 Å². The first kappa shape index (κ1) is 15.7. The lowest BCUT2D eigenvalue weighted by Crippen LogP contribution is -2.41. The molecule has 3 N–H and O–H groups in total. The average molecular weight is 268 g/mol. The van der Waals surface area contributed by atoms with Crippen LogP contribution >= 0.6 is 0 Å². The number of rotatable bonds is 1. The molecule has 0 unspecified atom stereocenters. The van der Waals surface area contributed by atoms with Crippen molar-refractivity contribution in [2.75, 3.05) is 6.54 Å². The van der Waals surface area contributed by atoms with Crippen LogP contribution in [0.3, 0.4) is 0 Å². The van der Waals surface area contributed by atoms with E-state index in [0.29, 0.717) is 12.8 Å². The molecule has 1 rings (SSSR count). The second kappa shape index (κ2) is 7.28. The van der Waals surface area contributed by atoms with Gasteiger partial charge in [-0.05, 0) is 18.8 Å². The van der Waals surface area contributed by atoms with Crippen molar-refractivity contribution in [1.82, 2.24) is 10.6 Å². The van der Waals surface area contributed by atoms with Crippen molar-refractivity contribution in [2.24, 2.45) is 11.8 Å². The van der Waals surface area contributed by atoms with Gasteiger partial charge in [0.1, 0.15) is 0 Å². The van der Waals surface area contributed by atoms with E-state index in [-0.39, 0.29) is 36.2 Å². The first-order chi connectivity index (χ1) is 8.90. The van der Waals surface area contributed by atoms with Crippen LogP contribution in [0.4, 0.5) is 0 Å². The third kappa shape index (κ3) is 5.42. The number of aliphatic hydroxyl groups is 1. The molecule has 0 saturated carbocycles. The second-order valence-electron chi connectivity index (χ2n) is 5.51. The minimum absolute atomic E-state index is 0.0310. The monoisotopic (exact) mass is 268 g/mol. The number of nitrogens with one attached hydrogen (secondary N) is 2. The maximum absolute atomic E-state index is 12.0. The highest BCUT2D eigenvalue weighted by Gasteiger charge is 2.20. The summed E-state index contributed by atoms with van der Waals surface area (Å²) in [5.41, 5.74) is 0. The average Bonchev–Trinajstić information content (AvgIpc) is 2.36. The van der Waals surface area contributed by atoms with E-state index in [1.807, 2.05) is 20.8 Å². The Balaban J connectivity index is 2.81. The van der Waals surface area contributed by atoms with Gasteiger partial charge in [0.2, 0.25) is 11.8 Å². The van der Waals surface area contributed by atoms with Crippen molar-refractivity contribution in [3.8, 4) is 0 Å². The number of β-amino-alcohol motifs (C(OH)–C–C–N with tert-alkyl or cyclic N) is 1. The summed E-state index contributed by atoms with van der Waals surface area (Å²) in [6.07, 6.45) is 3.64. The first-order valence-electron chi connectivity index (χ1n) is 6.84. The normalized spacial score (nSPS) is 31.9. The molecule has 5 nitrogen and oxygen atoms in total. The Hall–Kier alpha value is -1.36. The van der Waals surface area contributed by atoms with Crippen LogP contribution in [0.5, 0.6) is 0 Å². The summed E-state index contributed by atoms with van der Waals surface area (Å²) in [5, 5.41) is 15.3. The van der Waals surface area contributed by atoms with E-state index in [0.717, 1.165) is 0 Å². The van der Waals surface area contributed by atoms with E-state index >= 15 is 0 Å². The number of carbonyl (C=O) groups is 2. The van der Waals surface area contributed by atoms with Gasteiger partial charge in [0.05, 0.1) is 6.10 Å². The summed E-state index contributed by atoms with van der Waals surface area (Å²) < 4.78 is 0. The van der Waals surface area contributed by atoms with Gasteiger partial charge in [-0.15, -0.1) is 0 Å². The Labute approximate surface area is 114 Å². The molecule has 0 aromatic heterocycles. The van der Waals surface area contributed by atoms with Crippen LogP contribution in [0.2, 0.25) is 0 Å². The highest BCUT2D eigenvalue weighted by molar-refractivity contribution is 5.87. The highest BCUT2D eigenvalue weighted by atomic mass is 16.3. The van der Waals surface area contributed by atoms with Gasteiger partial charge in [-0.25, -0.2) is 0 Å². The Morgan fingerprint density at radius 2 is 2.00 bits per heavy atom. The van der Waals surface area contributed by atoms with Gasteiger partial charge in [-0.1, -0.05) is 26.8 Å². The van der Waals surface area contributed by atoms with Gasteiger partial charge >= 0.3 is 0 Å². The van der Waals surface area contributed by atoms with E-state index in [9.17, 15) is 14.7 Å². The molecule has 0 aromatic carbocycles. The number of hydrogen-bond donors (Lipinski definition) is 3. The predicted octanol–water partition coefficient (Wildman–Crippen LogP) is 0.590. The summed E-state index contributed by atoms with van der Waals surface area (Å²) in [6, 6.07) is -0.148. The summed E-state index contributed by atoms with van der Waals surface area (Å²) in [6.45, 7) is 6.07. The quantitative estimate of drug-likeness (QED) is 0.651. The molecule has 1 heterocycles. The lowest BCUT2D eigenvalue weighted by Gasteiger charge is -2.23. The van der Waals surface area contributed by atoms with Crippen LogP contribution in [-0.2, 0) is 9.59 Å². The number of carbonyl (C=O) groups excluding carboxylic acids is 2. The van der Waals surface area contributed by atoms with Crippen molar-refractivity contribution in [3.05, 3.63) is 12.2 Å². The van der Waals surface area contributed by atoms with Crippen molar-refractivity contribution in [1.29, 1.82) is 0 Å². The molecule has 5 heteroatoms. The van der Waals surface area contributed by atoms with E-state index in [4.69, 9.17) is 0 Å². The third-order valence-corrected chi connectivity index (χ3v) is 3.37. The van der Waals surface area contributed by atoms with Gasteiger partial charge in [-0.3, -0.25) is 9.59 Å². The molecular weight excluding hydrogens is 244 g/mol. The molecule has 0 spiro atoms. The molecular formula is C14H24N2O3. The van der Waals surface area contributed by atoms with Crippen molar-refractivity contribution < 1.29 is 14.7 Å². The minimum atomic E-state index is -0.604. The Bertz CT molecular complexity index is 353. The van der Waals surface area contributed by atoms with Crippen LogP contribution in [0.1, 0.15) is 33.6 Å². The van der Waals surface area contributed by atoms with Crippen LogP contribution < -0.4 is 10.6 Å². The van der Waals surface area contributed by atoms with Crippen molar-refractivity contribution in [3.63, 3.8) is 0 Å². The Morgan fingerprint density at radius 3 is 2.63 bits per heavy atom. The molecule has 1 aliphatic rings. The molecule has 0 saturated heterocycles. The Morgan fingerprint density at radius 1 is 1.32 bits per heavy atom. The molecule has 19 heavy (non-hydrogen) atoms. The zero-order valence-corrected chi connectivity index (χ0v) is 11.8. The van der Waals surface area contributed by atoms with Crippen molar-refractivity contribution in [2.45, 2.75) is 45.8 Å². The van der Waals surface area contributed by atoms with Crippen LogP contribution in [0, 0.1) is 11.8 Å². The smallest absolute Gasteiger partial charge is 0.243 e. The lowest BCUT2D eigenvalue weighted by molar-refractivity contribution is -0.125. The zero-order valence-electron chi connectivity index (χ0n) is 11.8. The van der Waals surface area contributed by atoms with E-state index in [1.165, 1.54) is 6.08 Å². The summed E-state index contributed by atoms with van der Waals surface area (Å²) in [4.78, 5) is 23.5. The summed E-state index contributed by atoms with van der Waals surface area (Å²) in [5.74, 6) is -0.197. The molecule has 3 atom stereocenters. The third-order valence-electron chi connectivity index (χ3n) is 3.37. The fourth-order valence-electron chi connectivity index (χ4n) is 1.89. The van der Waals surface area contributed by atoms with E-state index in [1.54, 1.807) is 6.08 Å². The SMILES string of the molecule is CC(C)[C@H]1/C=C/C(=O)NC[C@H](O)CC[C@H](C)C(=O)N1. The predicted molar refractivity (Wildman–Crippen MR) is 73.3 cm³/mol. The fraction of sp³-hybridized carbons (Fsp3) is 0.714. The second-order valence-corrected chi connectivity index (χ2v) is 5.51. The van der Waals surface area contributed by atoms with E-state index in [2.05, 4.69) is 10.6 Å². The van der Waals surface area contributed by atoms with Crippen LogP contribution in [0.25, 0.3) is 0 Å². The van der Waals surface area contributed by atoms with Gasteiger partial charge < -0.3 is 15.7 Å². The standard InChI is InChI=1S/C14H24N2O3/c1-9(2)12-6-7-13(18)15-8-11(17)5-4-10(3)14(19)16-12/h6-7,9-12,17H,4-5,8H2,1-3H3,(H,15,18)(H,16,19)/b7-6+/t10-,11+,12+/m0/s1. The highest BCUT2D eigenvalue weighted by Crippen LogP contribution is 2.11. The van der Waals surface area contributed by atoms with E-state index < -0.39 is 6.10 Å². The molecule has 108 valence electrons. The molecule has 1 aliphatic heterocycles. The van der Waals surface area contributed by atoms with Gasteiger partial charge in [0, 0.05) is 24.6 Å². The zero-order chi connectivity index (χ0) is 14.4. The lowest BCUT2D eigenvalue weighted by atomic mass is 9.98. The van der Waals surface area contributed by atoms with Crippen molar-refractivity contribution >= 4 is 11.8 Å². The van der Waals surface area contributed by atoms with Gasteiger partial charge in [0.25, 0.3) is 0 Å².